The molecule has 2 fully saturated rings. The molecule has 1 saturated carbocycles. The Morgan fingerprint density at radius 3 is 2.37 bits per heavy atom. The van der Waals surface area contributed by atoms with Crippen molar-refractivity contribution in [1.82, 2.24) is 9.97 Å². The van der Waals surface area contributed by atoms with Crippen LogP contribution < -0.4 is 4.90 Å². The SMILES string of the molecule is Cc1c(Cl)nc(C2CC2)nc1N1CCC(C)(C)CC1. The average molecular weight is 280 g/mol. The highest BCUT2D eigenvalue weighted by molar-refractivity contribution is 6.30. The Kier molecular flexibility index (Phi) is 3.20. The molecular formula is C15H22ClN3. The van der Waals surface area contributed by atoms with E-state index in [4.69, 9.17) is 16.6 Å². The lowest BCUT2D eigenvalue weighted by Gasteiger charge is -2.38. The Bertz CT molecular complexity index is 484. The maximum absolute atomic E-state index is 6.29. The Hall–Kier alpha value is -0.830. The largest absolute Gasteiger partial charge is 0.356 e. The predicted molar refractivity (Wildman–Crippen MR) is 79.0 cm³/mol. The Morgan fingerprint density at radius 1 is 1.16 bits per heavy atom. The maximum Gasteiger partial charge on any atom is 0.137 e. The lowest BCUT2D eigenvalue weighted by atomic mass is 9.82. The Labute approximate surface area is 120 Å². The number of piperidine rings is 1. The molecule has 0 N–H and O–H groups in total. The number of hydrogen-bond donors (Lipinski definition) is 0. The summed E-state index contributed by atoms with van der Waals surface area (Å²) in [7, 11) is 0. The van der Waals surface area contributed by atoms with Crippen molar-refractivity contribution in [1.29, 1.82) is 0 Å². The van der Waals surface area contributed by atoms with Crippen LogP contribution in [0, 0.1) is 12.3 Å². The number of anilines is 1. The van der Waals surface area contributed by atoms with Crippen molar-refractivity contribution >= 4 is 17.4 Å². The van der Waals surface area contributed by atoms with Gasteiger partial charge in [0.25, 0.3) is 0 Å². The van der Waals surface area contributed by atoms with Gasteiger partial charge < -0.3 is 4.90 Å². The Morgan fingerprint density at radius 2 is 1.79 bits per heavy atom. The average Bonchev–Trinajstić information content (AvgIpc) is 3.17. The van der Waals surface area contributed by atoms with E-state index in [0.717, 1.165) is 30.3 Å². The fraction of sp³-hybridized carbons (Fsp3) is 0.733. The minimum atomic E-state index is 0.459. The van der Waals surface area contributed by atoms with E-state index >= 15 is 0 Å². The van der Waals surface area contributed by atoms with Gasteiger partial charge >= 0.3 is 0 Å². The van der Waals surface area contributed by atoms with Crippen LogP contribution in [0.5, 0.6) is 0 Å². The van der Waals surface area contributed by atoms with Crippen molar-refractivity contribution in [2.24, 2.45) is 5.41 Å². The lowest BCUT2D eigenvalue weighted by Crippen LogP contribution is -2.38. The van der Waals surface area contributed by atoms with Crippen LogP contribution >= 0.6 is 11.6 Å². The van der Waals surface area contributed by atoms with Crippen molar-refractivity contribution in [3.8, 4) is 0 Å². The van der Waals surface area contributed by atoms with Crippen LogP contribution in [0.1, 0.15) is 56.8 Å². The molecule has 0 unspecified atom stereocenters. The van der Waals surface area contributed by atoms with Gasteiger partial charge in [0.05, 0.1) is 0 Å². The van der Waals surface area contributed by atoms with Crippen LogP contribution in [0.2, 0.25) is 5.15 Å². The first-order valence-corrected chi connectivity index (χ1v) is 7.63. The minimum Gasteiger partial charge on any atom is -0.356 e. The van der Waals surface area contributed by atoms with Crippen molar-refractivity contribution in [3.05, 3.63) is 16.5 Å². The third kappa shape index (κ3) is 2.71. The second-order valence-corrected chi connectivity index (χ2v) is 7.10. The van der Waals surface area contributed by atoms with E-state index in [9.17, 15) is 0 Å². The third-order valence-corrected chi connectivity index (χ3v) is 4.81. The van der Waals surface area contributed by atoms with E-state index in [1.54, 1.807) is 0 Å². The van der Waals surface area contributed by atoms with E-state index in [-0.39, 0.29) is 0 Å². The fourth-order valence-electron chi connectivity index (χ4n) is 2.65. The molecule has 1 aliphatic carbocycles. The highest BCUT2D eigenvalue weighted by atomic mass is 35.5. The summed E-state index contributed by atoms with van der Waals surface area (Å²) in [6, 6.07) is 0. The number of rotatable bonds is 2. The molecule has 0 bridgehead atoms. The van der Waals surface area contributed by atoms with Gasteiger partial charge in [-0.1, -0.05) is 25.4 Å². The molecule has 0 amide bonds. The van der Waals surface area contributed by atoms with Crippen molar-refractivity contribution in [2.75, 3.05) is 18.0 Å². The number of nitrogens with zero attached hydrogens (tertiary/aromatic N) is 3. The fourth-order valence-corrected chi connectivity index (χ4v) is 2.82. The molecule has 3 nitrogen and oxygen atoms in total. The van der Waals surface area contributed by atoms with E-state index in [1.165, 1.54) is 25.7 Å². The molecule has 0 spiro atoms. The minimum absolute atomic E-state index is 0.459. The summed E-state index contributed by atoms with van der Waals surface area (Å²) in [6.45, 7) is 8.88. The van der Waals surface area contributed by atoms with Crippen molar-refractivity contribution < 1.29 is 0 Å². The van der Waals surface area contributed by atoms with Crippen LogP contribution in [0.4, 0.5) is 5.82 Å². The maximum atomic E-state index is 6.29. The van der Waals surface area contributed by atoms with E-state index in [2.05, 4.69) is 23.7 Å². The molecule has 1 aromatic rings. The topological polar surface area (TPSA) is 29.0 Å². The zero-order valence-electron chi connectivity index (χ0n) is 12.0. The highest BCUT2D eigenvalue weighted by Crippen LogP contribution is 2.40. The molecule has 3 rings (SSSR count). The van der Waals surface area contributed by atoms with Gasteiger partial charge in [-0.15, -0.1) is 0 Å². The molecule has 104 valence electrons. The first-order valence-electron chi connectivity index (χ1n) is 7.25. The molecule has 1 aliphatic heterocycles. The van der Waals surface area contributed by atoms with Gasteiger partial charge in [0.2, 0.25) is 0 Å². The predicted octanol–water partition coefficient (Wildman–Crippen LogP) is 3.94. The van der Waals surface area contributed by atoms with Gasteiger partial charge in [-0.3, -0.25) is 0 Å². The molecule has 4 heteroatoms. The summed E-state index contributed by atoms with van der Waals surface area (Å²) in [4.78, 5) is 11.6. The molecule has 2 heterocycles. The van der Waals surface area contributed by atoms with Crippen LogP contribution in [-0.4, -0.2) is 23.1 Å². The second kappa shape index (κ2) is 4.62. The normalized spacial score (nSPS) is 22.6. The van der Waals surface area contributed by atoms with Gasteiger partial charge in [-0.25, -0.2) is 9.97 Å². The third-order valence-electron chi connectivity index (χ3n) is 4.44. The number of aromatic nitrogens is 2. The second-order valence-electron chi connectivity index (χ2n) is 6.75. The molecule has 1 saturated heterocycles. The first-order chi connectivity index (χ1) is 8.96. The molecule has 1 aromatic heterocycles. The molecule has 0 atom stereocenters. The van der Waals surface area contributed by atoms with E-state index in [0.29, 0.717) is 16.5 Å². The highest BCUT2D eigenvalue weighted by Gasteiger charge is 2.31. The summed E-state index contributed by atoms with van der Waals surface area (Å²) in [5, 5.41) is 0.636. The molecule has 2 aliphatic rings. The summed E-state index contributed by atoms with van der Waals surface area (Å²) in [5.74, 6) is 2.57. The quantitative estimate of drug-likeness (QED) is 0.768. The van der Waals surface area contributed by atoms with Gasteiger partial charge in [0.1, 0.15) is 16.8 Å². The van der Waals surface area contributed by atoms with Crippen LogP contribution in [0.3, 0.4) is 0 Å². The number of halogens is 1. The Balaban J connectivity index is 1.87. The summed E-state index contributed by atoms with van der Waals surface area (Å²) >= 11 is 6.29. The van der Waals surface area contributed by atoms with Gasteiger partial charge in [-0.05, 0) is 38.0 Å². The molecule has 19 heavy (non-hydrogen) atoms. The van der Waals surface area contributed by atoms with E-state index in [1.807, 2.05) is 6.92 Å². The monoisotopic (exact) mass is 279 g/mol. The lowest BCUT2D eigenvalue weighted by molar-refractivity contribution is 0.279. The summed E-state index contributed by atoms with van der Waals surface area (Å²) < 4.78 is 0. The van der Waals surface area contributed by atoms with Crippen LogP contribution in [0.25, 0.3) is 0 Å². The van der Waals surface area contributed by atoms with Crippen LogP contribution in [0.15, 0.2) is 0 Å². The van der Waals surface area contributed by atoms with Crippen LogP contribution in [-0.2, 0) is 0 Å². The zero-order chi connectivity index (χ0) is 13.6. The summed E-state index contributed by atoms with van der Waals surface area (Å²) in [5.41, 5.74) is 1.49. The molecule has 0 aromatic carbocycles. The van der Waals surface area contributed by atoms with E-state index < -0.39 is 0 Å². The number of hydrogen-bond acceptors (Lipinski definition) is 3. The zero-order valence-corrected chi connectivity index (χ0v) is 12.8. The van der Waals surface area contributed by atoms with Crippen molar-refractivity contribution in [3.63, 3.8) is 0 Å². The van der Waals surface area contributed by atoms with Gasteiger partial charge in [-0.2, -0.15) is 0 Å². The standard InChI is InChI=1S/C15H22ClN3/c1-10-12(16)17-13(11-4-5-11)18-14(10)19-8-6-15(2,3)7-9-19/h11H,4-9H2,1-3H3. The van der Waals surface area contributed by atoms with Gasteiger partial charge in [0, 0.05) is 24.6 Å². The van der Waals surface area contributed by atoms with Gasteiger partial charge in [0.15, 0.2) is 0 Å². The molecular weight excluding hydrogens is 258 g/mol. The first kappa shape index (κ1) is 13.2. The molecule has 0 radical (unpaired) electrons. The summed E-state index contributed by atoms with van der Waals surface area (Å²) in [6.07, 6.45) is 4.86. The van der Waals surface area contributed by atoms with Crippen molar-refractivity contribution in [2.45, 2.75) is 52.4 Å². The smallest absolute Gasteiger partial charge is 0.137 e.